The van der Waals surface area contributed by atoms with E-state index in [1.165, 1.54) is 18.1 Å². The normalized spacial score (nSPS) is 10.8. The number of nitrogens with one attached hydrogen (secondary N) is 1. The van der Waals surface area contributed by atoms with Crippen LogP contribution in [0.1, 0.15) is 0 Å². The van der Waals surface area contributed by atoms with E-state index in [0.29, 0.717) is 5.75 Å². The molecule has 0 saturated carbocycles. The molecule has 0 unspecified atom stereocenters. The van der Waals surface area contributed by atoms with E-state index in [1.54, 1.807) is 11.3 Å². The molecule has 0 atom stereocenters. The molecule has 128 valence electrons. The maximum Gasteiger partial charge on any atom is 0.234 e. The van der Waals surface area contributed by atoms with Crippen molar-refractivity contribution in [3.63, 3.8) is 0 Å². The lowest BCUT2D eigenvalue weighted by molar-refractivity contribution is -0.113. The van der Waals surface area contributed by atoms with E-state index in [1.807, 2.05) is 53.9 Å². The number of nitrogens with zero attached hydrogens (tertiary/aromatic N) is 2. The summed E-state index contributed by atoms with van der Waals surface area (Å²) in [4.78, 5) is 20.7. The number of thiophene rings is 1. The molecule has 0 spiro atoms. The molecule has 26 heavy (non-hydrogen) atoms. The van der Waals surface area contributed by atoms with E-state index in [2.05, 4.69) is 27.4 Å². The van der Waals surface area contributed by atoms with Gasteiger partial charge in [0, 0.05) is 5.69 Å². The van der Waals surface area contributed by atoms with Crippen LogP contribution in [0, 0.1) is 0 Å². The van der Waals surface area contributed by atoms with Gasteiger partial charge in [-0.15, -0.1) is 11.3 Å². The number of anilines is 1. The summed E-state index contributed by atoms with van der Waals surface area (Å²) in [7, 11) is 0. The molecule has 1 amide bonds. The van der Waals surface area contributed by atoms with Gasteiger partial charge in [0.05, 0.1) is 16.0 Å². The molecule has 2 aromatic heterocycles. The summed E-state index contributed by atoms with van der Waals surface area (Å²) in [6, 6.07) is 20.0. The monoisotopic (exact) mass is 377 g/mol. The van der Waals surface area contributed by atoms with Gasteiger partial charge in [-0.25, -0.2) is 9.97 Å². The Morgan fingerprint density at radius 2 is 1.73 bits per heavy atom. The molecule has 0 bridgehead atoms. The molecule has 0 fully saturated rings. The van der Waals surface area contributed by atoms with Crippen LogP contribution in [0.15, 0.2) is 77.4 Å². The van der Waals surface area contributed by atoms with Crippen molar-refractivity contribution in [1.29, 1.82) is 0 Å². The van der Waals surface area contributed by atoms with Crippen molar-refractivity contribution in [2.75, 3.05) is 11.1 Å². The van der Waals surface area contributed by atoms with E-state index < -0.39 is 0 Å². The largest absolute Gasteiger partial charge is 0.325 e. The number of benzene rings is 2. The van der Waals surface area contributed by atoms with E-state index >= 15 is 0 Å². The van der Waals surface area contributed by atoms with E-state index in [9.17, 15) is 4.79 Å². The van der Waals surface area contributed by atoms with Crippen molar-refractivity contribution >= 4 is 44.9 Å². The number of rotatable bonds is 5. The van der Waals surface area contributed by atoms with Gasteiger partial charge in [0.15, 0.2) is 0 Å². The molecule has 6 heteroatoms. The van der Waals surface area contributed by atoms with Crippen molar-refractivity contribution in [3.8, 4) is 11.1 Å². The molecule has 0 aliphatic carbocycles. The summed E-state index contributed by atoms with van der Waals surface area (Å²) in [6.45, 7) is 0. The van der Waals surface area contributed by atoms with Crippen molar-refractivity contribution in [1.82, 2.24) is 9.97 Å². The first-order chi connectivity index (χ1) is 12.8. The average Bonchev–Trinajstić information content (AvgIpc) is 3.17. The van der Waals surface area contributed by atoms with Crippen LogP contribution in [0.2, 0.25) is 0 Å². The van der Waals surface area contributed by atoms with Gasteiger partial charge in [0.1, 0.15) is 11.4 Å². The summed E-state index contributed by atoms with van der Waals surface area (Å²) >= 11 is 3.02. The zero-order valence-corrected chi connectivity index (χ0v) is 15.4. The third-order valence-corrected chi connectivity index (χ3v) is 5.86. The second kappa shape index (κ2) is 7.68. The maximum absolute atomic E-state index is 12.2. The Kier molecular flexibility index (Phi) is 4.95. The lowest BCUT2D eigenvalue weighted by Crippen LogP contribution is -2.14. The smallest absolute Gasteiger partial charge is 0.234 e. The summed E-state index contributed by atoms with van der Waals surface area (Å²) in [5.74, 6) is 0.260. The fourth-order valence-corrected chi connectivity index (χ4v) is 4.32. The van der Waals surface area contributed by atoms with E-state index in [4.69, 9.17) is 0 Å². The lowest BCUT2D eigenvalue weighted by Gasteiger charge is -2.07. The van der Waals surface area contributed by atoms with Gasteiger partial charge in [-0.1, -0.05) is 54.2 Å². The minimum atomic E-state index is -0.0502. The Bertz CT molecular complexity index is 1030. The van der Waals surface area contributed by atoms with Crippen LogP contribution in [0.4, 0.5) is 5.69 Å². The van der Waals surface area contributed by atoms with Crippen LogP contribution in [0.5, 0.6) is 0 Å². The molecule has 2 heterocycles. The van der Waals surface area contributed by atoms with Gasteiger partial charge in [0.25, 0.3) is 0 Å². The van der Waals surface area contributed by atoms with Crippen LogP contribution in [0.25, 0.3) is 21.3 Å². The Morgan fingerprint density at radius 1 is 0.962 bits per heavy atom. The molecule has 0 radical (unpaired) electrons. The fourth-order valence-electron chi connectivity index (χ4n) is 2.58. The molecular weight excluding hydrogens is 362 g/mol. The SMILES string of the molecule is O=C(CSc1ncnc2ccsc12)Nc1ccc(-c2ccccc2)cc1. The number of hydrogen-bond donors (Lipinski definition) is 1. The predicted octanol–water partition coefficient (Wildman–Crippen LogP) is 5.09. The highest BCUT2D eigenvalue weighted by molar-refractivity contribution is 8.00. The van der Waals surface area contributed by atoms with Crippen molar-refractivity contribution in [2.24, 2.45) is 0 Å². The lowest BCUT2D eigenvalue weighted by atomic mass is 10.1. The summed E-state index contributed by atoms with van der Waals surface area (Å²) in [5.41, 5.74) is 3.99. The number of hydrogen-bond acceptors (Lipinski definition) is 5. The quantitative estimate of drug-likeness (QED) is 0.389. The number of amides is 1. The summed E-state index contributed by atoms with van der Waals surface area (Å²) < 4.78 is 1.03. The molecule has 0 aliphatic heterocycles. The molecular formula is C20H15N3OS2. The minimum absolute atomic E-state index is 0.0502. The van der Waals surface area contributed by atoms with Crippen LogP contribution in [-0.2, 0) is 4.79 Å². The minimum Gasteiger partial charge on any atom is -0.325 e. The molecule has 4 rings (SSSR count). The highest BCUT2D eigenvalue weighted by Gasteiger charge is 2.09. The van der Waals surface area contributed by atoms with Crippen molar-refractivity contribution in [3.05, 3.63) is 72.4 Å². The number of carbonyl (C=O) groups is 1. The van der Waals surface area contributed by atoms with E-state index in [-0.39, 0.29) is 5.91 Å². The van der Waals surface area contributed by atoms with E-state index in [0.717, 1.165) is 32.1 Å². The highest BCUT2D eigenvalue weighted by Crippen LogP contribution is 2.28. The summed E-state index contributed by atoms with van der Waals surface area (Å²) in [5, 5.41) is 5.76. The van der Waals surface area contributed by atoms with Gasteiger partial charge in [-0.3, -0.25) is 4.79 Å². The van der Waals surface area contributed by atoms with Gasteiger partial charge in [0.2, 0.25) is 5.91 Å². The fraction of sp³-hybridized carbons (Fsp3) is 0.0500. The first-order valence-electron chi connectivity index (χ1n) is 8.06. The Balaban J connectivity index is 1.38. The standard InChI is InChI=1S/C20H15N3OS2/c24-18(12-26-20-19-17(10-11-25-19)21-13-22-20)23-16-8-6-15(7-9-16)14-4-2-1-3-5-14/h1-11,13H,12H2,(H,23,24). The summed E-state index contributed by atoms with van der Waals surface area (Å²) in [6.07, 6.45) is 1.54. The first-order valence-corrected chi connectivity index (χ1v) is 9.92. The predicted molar refractivity (Wildman–Crippen MR) is 109 cm³/mol. The molecule has 0 aliphatic rings. The average molecular weight is 377 g/mol. The Hall–Kier alpha value is -2.70. The third-order valence-electron chi connectivity index (χ3n) is 3.83. The second-order valence-electron chi connectivity index (χ2n) is 5.59. The number of fused-ring (bicyclic) bond motifs is 1. The van der Waals surface area contributed by atoms with Crippen LogP contribution in [-0.4, -0.2) is 21.6 Å². The highest BCUT2D eigenvalue weighted by atomic mass is 32.2. The van der Waals surface area contributed by atoms with Gasteiger partial charge < -0.3 is 5.32 Å². The maximum atomic E-state index is 12.2. The van der Waals surface area contributed by atoms with Crippen molar-refractivity contribution < 1.29 is 4.79 Å². The molecule has 4 aromatic rings. The Morgan fingerprint density at radius 3 is 2.54 bits per heavy atom. The van der Waals surface area contributed by atoms with Gasteiger partial charge in [-0.2, -0.15) is 0 Å². The number of aromatic nitrogens is 2. The number of thioether (sulfide) groups is 1. The molecule has 2 aromatic carbocycles. The Labute approximate surface area is 159 Å². The van der Waals surface area contributed by atoms with Crippen molar-refractivity contribution in [2.45, 2.75) is 5.03 Å². The molecule has 1 N–H and O–H groups in total. The number of carbonyl (C=O) groups excluding carboxylic acids is 1. The molecule has 0 saturated heterocycles. The topological polar surface area (TPSA) is 54.9 Å². The third kappa shape index (κ3) is 3.76. The zero-order valence-electron chi connectivity index (χ0n) is 13.8. The molecule has 4 nitrogen and oxygen atoms in total. The first kappa shape index (κ1) is 16.8. The van der Waals surface area contributed by atoms with Crippen LogP contribution >= 0.6 is 23.1 Å². The van der Waals surface area contributed by atoms with Gasteiger partial charge in [-0.05, 0) is 34.7 Å². The van der Waals surface area contributed by atoms with Crippen LogP contribution < -0.4 is 5.32 Å². The second-order valence-corrected chi connectivity index (χ2v) is 7.47. The van der Waals surface area contributed by atoms with Crippen LogP contribution in [0.3, 0.4) is 0 Å². The van der Waals surface area contributed by atoms with Gasteiger partial charge >= 0.3 is 0 Å². The zero-order chi connectivity index (χ0) is 17.8.